The number of hydrogen-bond donors (Lipinski definition) is 0. The standard InChI is InChI=1S/C13H24N2O4S/c1-19-13(16)12-7-6-10-15(11-12)20(17,18)14-8-4-2-3-5-9-14/h12H,2-11H2,1H3/t12-/m0/s1. The molecule has 2 saturated heterocycles. The minimum absolute atomic E-state index is 0.255. The van der Waals surface area contributed by atoms with Crippen LogP contribution in [0.4, 0.5) is 0 Å². The van der Waals surface area contributed by atoms with Crippen LogP contribution in [-0.4, -0.2) is 56.3 Å². The molecule has 0 aromatic rings. The highest BCUT2D eigenvalue weighted by molar-refractivity contribution is 7.86. The Labute approximate surface area is 121 Å². The zero-order valence-corrected chi connectivity index (χ0v) is 12.9. The number of nitrogens with zero attached hydrogens (tertiary/aromatic N) is 2. The summed E-state index contributed by atoms with van der Waals surface area (Å²) in [4.78, 5) is 11.6. The summed E-state index contributed by atoms with van der Waals surface area (Å²) in [5.41, 5.74) is 0. The maximum atomic E-state index is 12.6. The summed E-state index contributed by atoms with van der Waals surface area (Å²) >= 11 is 0. The second kappa shape index (κ2) is 6.87. The molecular formula is C13H24N2O4S. The summed E-state index contributed by atoms with van der Waals surface area (Å²) < 4.78 is 33.1. The zero-order chi connectivity index (χ0) is 14.6. The summed E-state index contributed by atoms with van der Waals surface area (Å²) in [5, 5.41) is 0. The first-order chi connectivity index (χ1) is 9.55. The zero-order valence-electron chi connectivity index (χ0n) is 12.1. The Morgan fingerprint density at radius 2 is 1.60 bits per heavy atom. The van der Waals surface area contributed by atoms with E-state index in [2.05, 4.69) is 0 Å². The van der Waals surface area contributed by atoms with Crippen LogP contribution < -0.4 is 0 Å². The molecule has 0 saturated carbocycles. The van der Waals surface area contributed by atoms with Gasteiger partial charge in [-0.05, 0) is 25.7 Å². The third-order valence-electron chi connectivity index (χ3n) is 4.14. The van der Waals surface area contributed by atoms with Gasteiger partial charge in [-0.25, -0.2) is 0 Å². The van der Waals surface area contributed by atoms with E-state index in [0.717, 1.165) is 25.7 Å². The number of piperidine rings is 1. The van der Waals surface area contributed by atoms with Crippen molar-refractivity contribution in [2.45, 2.75) is 38.5 Å². The van der Waals surface area contributed by atoms with Crippen molar-refractivity contribution >= 4 is 16.2 Å². The van der Waals surface area contributed by atoms with Crippen molar-refractivity contribution in [1.82, 2.24) is 8.61 Å². The average molecular weight is 304 g/mol. The van der Waals surface area contributed by atoms with Gasteiger partial charge in [0.15, 0.2) is 0 Å². The third-order valence-corrected chi connectivity index (χ3v) is 6.14. The number of esters is 1. The van der Waals surface area contributed by atoms with Gasteiger partial charge in [-0.1, -0.05) is 12.8 Å². The lowest BCUT2D eigenvalue weighted by molar-refractivity contribution is -0.146. The first-order valence-electron chi connectivity index (χ1n) is 7.39. The van der Waals surface area contributed by atoms with Gasteiger partial charge in [0.05, 0.1) is 13.0 Å². The van der Waals surface area contributed by atoms with E-state index in [4.69, 9.17) is 4.74 Å². The SMILES string of the molecule is COC(=O)[C@H]1CCCN(S(=O)(=O)N2CCCCCC2)C1. The van der Waals surface area contributed by atoms with Gasteiger partial charge in [-0.15, -0.1) is 0 Å². The predicted molar refractivity (Wildman–Crippen MR) is 75.3 cm³/mol. The molecule has 20 heavy (non-hydrogen) atoms. The van der Waals surface area contributed by atoms with E-state index in [1.807, 2.05) is 0 Å². The molecule has 116 valence electrons. The van der Waals surface area contributed by atoms with Gasteiger partial charge in [0.2, 0.25) is 0 Å². The first kappa shape index (κ1) is 15.7. The molecule has 0 aliphatic carbocycles. The lowest BCUT2D eigenvalue weighted by Crippen LogP contribution is -2.49. The minimum atomic E-state index is -3.42. The van der Waals surface area contributed by atoms with Crippen molar-refractivity contribution in [3.8, 4) is 0 Å². The molecule has 0 amide bonds. The van der Waals surface area contributed by atoms with E-state index in [1.54, 1.807) is 4.31 Å². The summed E-state index contributed by atoms with van der Waals surface area (Å²) in [6.45, 7) is 1.96. The molecule has 0 radical (unpaired) electrons. The van der Waals surface area contributed by atoms with Gasteiger partial charge >= 0.3 is 5.97 Å². The van der Waals surface area contributed by atoms with Crippen LogP contribution in [0.5, 0.6) is 0 Å². The smallest absolute Gasteiger partial charge is 0.309 e. The van der Waals surface area contributed by atoms with Gasteiger partial charge in [0.1, 0.15) is 0 Å². The van der Waals surface area contributed by atoms with Gasteiger partial charge in [-0.3, -0.25) is 4.79 Å². The second-order valence-corrected chi connectivity index (χ2v) is 7.47. The Kier molecular flexibility index (Phi) is 5.40. The number of rotatable bonds is 3. The third kappa shape index (κ3) is 3.51. The summed E-state index contributed by atoms with van der Waals surface area (Å²) in [7, 11) is -2.07. The lowest BCUT2D eigenvalue weighted by atomic mass is 10.0. The Balaban J connectivity index is 2.06. The van der Waals surface area contributed by atoms with Gasteiger partial charge in [-0.2, -0.15) is 17.0 Å². The van der Waals surface area contributed by atoms with Gasteiger partial charge in [0.25, 0.3) is 10.2 Å². The van der Waals surface area contributed by atoms with Crippen LogP contribution in [0.3, 0.4) is 0 Å². The summed E-state index contributed by atoms with van der Waals surface area (Å²) in [5.74, 6) is -0.628. The van der Waals surface area contributed by atoms with Crippen LogP contribution >= 0.6 is 0 Å². The fraction of sp³-hybridized carbons (Fsp3) is 0.923. The van der Waals surface area contributed by atoms with Crippen LogP contribution in [-0.2, 0) is 19.7 Å². The van der Waals surface area contributed by atoms with Crippen LogP contribution in [0.25, 0.3) is 0 Å². The van der Waals surface area contributed by atoms with Crippen molar-refractivity contribution in [3.05, 3.63) is 0 Å². The van der Waals surface area contributed by atoms with E-state index in [1.165, 1.54) is 11.4 Å². The largest absolute Gasteiger partial charge is 0.469 e. The minimum Gasteiger partial charge on any atom is -0.469 e. The fourth-order valence-corrected chi connectivity index (χ4v) is 4.72. The van der Waals surface area contributed by atoms with Crippen molar-refractivity contribution in [1.29, 1.82) is 0 Å². The number of carbonyl (C=O) groups excluding carboxylic acids is 1. The van der Waals surface area contributed by atoms with Gasteiger partial charge < -0.3 is 4.74 Å². The molecule has 2 rings (SSSR count). The first-order valence-corrected chi connectivity index (χ1v) is 8.78. The highest BCUT2D eigenvalue weighted by Gasteiger charge is 2.36. The lowest BCUT2D eigenvalue weighted by Gasteiger charge is -2.34. The van der Waals surface area contributed by atoms with Crippen molar-refractivity contribution in [2.24, 2.45) is 5.92 Å². The Morgan fingerprint density at radius 3 is 2.20 bits per heavy atom. The topological polar surface area (TPSA) is 66.9 Å². The molecule has 6 nitrogen and oxygen atoms in total. The number of carbonyl (C=O) groups is 1. The van der Waals surface area contributed by atoms with E-state index in [9.17, 15) is 13.2 Å². The maximum Gasteiger partial charge on any atom is 0.309 e. The Hall–Kier alpha value is -0.660. The average Bonchev–Trinajstić information content (AvgIpc) is 2.76. The molecule has 1 atom stereocenters. The molecule has 0 N–H and O–H groups in total. The molecule has 0 unspecified atom stereocenters. The highest BCUT2D eigenvalue weighted by Crippen LogP contribution is 2.23. The fourth-order valence-electron chi connectivity index (χ4n) is 2.95. The highest BCUT2D eigenvalue weighted by atomic mass is 32.2. The molecule has 0 aromatic heterocycles. The maximum absolute atomic E-state index is 12.6. The monoisotopic (exact) mass is 304 g/mol. The van der Waals surface area contributed by atoms with Crippen molar-refractivity contribution in [3.63, 3.8) is 0 Å². The molecule has 2 aliphatic heterocycles. The molecule has 0 spiro atoms. The normalized spacial score (nSPS) is 26.9. The number of methoxy groups -OCH3 is 1. The number of hydrogen-bond acceptors (Lipinski definition) is 4. The van der Waals surface area contributed by atoms with Crippen LogP contribution in [0.15, 0.2) is 0 Å². The second-order valence-electron chi connectivity index (χ2n) is 5.54. The van der Waals surface area contributed by atoms with E-state index in [0.29, 0.717) is 32.5 Å². The van der Waals surface area contributed by atoms with Crippen LogP contribution in [0.1, 0.15) is 38.5 Å². The van der Waals surface area contributed by atoms with Crippen LogP contribution in [0, 0.1) is 5.92 Å². The van der Waals surface area contributed by atoms with E-state index in [-0.39, 0.29) is 18.4 Å². The Bertz CT molecular complexity index is 430. The Morgan fingerprint density at radius 1 is 1.00 bits per heavy atom. The van der Waals surface area contributed by atoms with Crippen LogP contribution in [0.2, 0.25) is 0 Å². The molecule has 7 heteroatoms. The van der Waals surface area contributed by atoms with E-state index < -0.39 is 10.2 Å². The number of ether oxygens (including phenoxy) is 1. The molecule has 0 bridgehead atoms. The van der Waals surface area contributed by atoms with Crippen molar-refractivity contribution < 1.29 is 17.9 Å². The van der Waals surface area contributed by atoms with Gasteiger partial charge in [0, 0.05) is 26.2 Å². The quantitative estimate of drug-likeness (QED) is 0.729. The molecule has 2 fully saturated rings. The van der Waals surface area contributed by atoms with Crippen molar-refractivity contribution in [2.75, 3.05) is 33.3 Å². The summed E-state index contributed by atoms with van der Waals surface area (Å²) in [6, 6.07) is 0. The van der Waals surface area contributed by atoms with E-state index >= 15 is 0 Å². The molecule has 2 heterocycles. The predicted octanol–water partition coefficient (Wildman–Crippen LogP) is 0.992. The molecular weight excluding hydrogens is 280 g/mol. The molecule has 2 aliphatic rings. The summed E-state index contributed by atoms with van der Waals surface area (Å²) in [6.07, 6.45) is 5.46. The molecule has 0 aromatic carbocycles.